The van der Waals surface area contributed by atoms with Gasteiger partial charge in [-0.25, -0.2) is 0 Å². The highest BCUT2D eigenvalue weighted by Gasteiger charge is 2.10. The lowest BCUT2D eigenvalue weighted by Crippen LogP contribution is -2.20. The van der Waals surface area contributed by atoms with Crippen LogP contribution in [-0.2, 0) is 13.0 Å². The number of hydrogen-bond acceptors (Lipinski definition) is 4. The number of rotatable bonds is 8. The molecule has 0 radical (unpaired) electrons. The topological polar surface area (TPSA) is 47.7 Å². The summed E-state index contributed by atoms with van der Waals surface area (Å²) in [5.74, 6) is 1.56. The molecule has 0 aliphatic carbocycles. The van der Waals surface area contributed by atoms with Gasteiger partial charge in [-0.05, 0) is 74.3 Å². The summed E-state index contributed by atoms with van der Waals surface area (Å²) in [6, 6.07) is 12.2. The van der Waals surface area contributed by atoms with Crippen LogP contribution >= 0.6 is 0 Å². The fraction of sp³-hybridized carbons (Fsp3) is 0.400. The molecule has 0 saturated carbocycles. The lowest BCUT2D eigenvalue weighted by Gasteiger charge is -2.19. The highest BCUT2D eigenvalue weighted by atomic mass is 16.5. The first-order chi connectivity index (χ1) is 11.5. The normalized spacial score (nSPS) is 10.9. The van der Waals surface area contributed by atoms with E-state index in [4.69, 9.17) is 15.2 Å². The summed E-state index contributed by atoms with van der Waals surface area (Å²) in [5, 5.41) is 0. The number of anilines is 1. The molecule has 2 aromatic rings. The molecule has 0 spiro atoms. The molecular formula is C20H28N2O2. The Morgan fingerprint density at radius 3 is 2.42 bits per heavy atom. The van der Waals surface area contributed by atoms with Crippen LogP contribution < -0.4 is 15.2 Å². The second-order valence-electron chi connectivity index (χ2n) is 6.22. The molecule has 0 saturated heterocycles. The molecule has 2 rings (SSSR count). The van der Waals surface area contributed by atoms with Crippen LogP contribution in [0.15, 0.2) is 36.4 Å². The third-order valence-corrected chi connectivity index (χ3v) is 4.24. The summed E-state index contributed by atoms with van der Waals surface area (Å²) in [7, 11) is 5.49. The molecule has 0 amide bonds. The van der Waals surface area contributed by atoms with E-state index in [2.05, 4.69) is 37.1 Å². The smallest absolute Gasteiger partial charge is 0.161 e. The largest absolute Gasteiger partial charge is 0.493 e. The maximum atomic E-state index is 5.83. The van der Waals surface area contributed by atoms with Crippen molar-refractivity contribution in [1.82, 2.24) is 4.90 Å². The van der Waals surface area contributed by atoms with Gasteiger partial charge in [-0.15, -0.1) is 0 Å². The molecule has 0 heterocycles. The summed E-state index contributed by atoms with van der Waals surface area (Å²) in [4.78, 5) is 2.33. The number of hydrogen-bond donors (Lipinski definition) is 1. The van der Waals surface area contributed by atoms with Gasteiger partial charge in [0.25, 0.3) is 0 Å². The molecule has 0 unspecified atom stereocenters. The van der Waals surface area contributed by atoms with Crippen molar-refractivity contribution in [3.63, 3.8) is 0 Å². The Morgan fingerprint density at radius 2 is 1.75 bits per heavy atom. The van der Waals surface area contributed by atoms with Crippen LogP contribution in [0.1, 0.15) is 23.1 Å². The van der Waals surface area contributed by atoms with Gasteiger partial charge in [0.2, 0.25) is 0 Å². The number of benzene rings is 2. The van der Waals surface area contributed by atoms with Gasteiger partial charge in [0.1, 0.15) is 0 Å². The Hall–Kier alpha value is -2.20. The lowest BCUT2D eigenvalue weighted by molar-refractivity contribution is 0.318. The van der Waals surface area contributed by atoms with Gasteiger partial charge in [-0.1, -0.05) is 12.1 Å². The van der Waals surface area contributed by atoms with Gasteiger partial charge in [-0.3, -0.25) is 0 Å². The fourth-order valence-electron chi connectivity index (χ4n) is 2.86. The number of aryl methyl sites for hydroxylation is 2. The molecule has 2 N–H and O–H groups in total. The van der Waals surface area contributed by atoms with E-state index in [9.17, 15) is 0 Å². The summed E-state index contributed by atoms with van der Waals surface area (Å²) < 4.78 is 10.8. The second kappa shape index (κ2) is 8.60. The van der Waals surface area contributed by atoms with E-state index in [0.29, 0.717) is 0 Å². The Morgan fingerprint density at radius 1 is 1.04 bits per heavy atom. The molecule has 130 valence electrons. The van der Waals surface area contributed by atoms with Gasteiger partial charge < -0.3 is 20.1 Å². The SMILES string of the molecule is COc1cc(C)c(CN(C)CCCc2cccc(N)c2)cc1OC. The van der Waals surface area contributed by atoms with Gasteiger partial charge >= 0.3 is 0 Å². The third kappa shape index (κ3) is 4.90. The van der Waals surface area contributed by atoms with Crippen LogP contribution in [0.2, 0.25) is 0 Å². The third-order valence-electron chi connectivity index (χ3n) is 4.24. The number of nitrogen functional groups attached to an aromatic ring is 1. The first-order valence-electron chi connectivity index (χ1n) is 8.28. The molecule has 24 heavy (non-hydrogen) atoms. The molecule has 4 heteroatoms. The average Bonchev–Trinajstić information content (AvgIpc) is 2.56. The zero-order chi connectivity index (χ0) is 17.5. The maximum absolute atomic E-state index is 5.83. The number of methoxy groups -OCH3 is 2. The van der Waals surface area contributed by atoms with E-state index in [-0.39, 0.29) is 0 Å². The molecule has 2 aromatic carbocycles. The molecule has 4 nitrogen and oxygen atoms in total. The van der Waals surface area contributed by atoms with Crippen molar-refractivity contribution in [3.05, 3.63) is 53.1 Å². The van der Waals surface area contributed by atoms with Crippen molar-refractivity contribution in [2.45, 2.75) is 26.3 Å². The highest BCUT2D eigenvalue weighted by Crippen LogP contribution is 2.30. The van der Waals surface area contributed by atoms with Crippen molar-refractivity contribution in [1.29, 1.82) is 0 Å². The van der Waals surface area contributed by atoms with Gasteiger partial charge in [0.05, 0.1) is 14.2 Å². The van der Waals surface area contributed by atoms with Gasteiger partial charge in [0.15, 0.2) is 11.5 Å². The van der Waals surface area contributed by atoms with E-state index < -0.39 is 0 Å². The van der Waals surface area contributed by atoms with Crippen LogP contribution in [-0.4, -0.2) is 32.7 Å². The van der Waals surface area contributed by atoms with E-state index in [1.807, 2.05) is 18.2 Å². The monoisotopic (exact) mass is 328 g/mol. The first kappa shape index (κ1) is 18.1. The van der Waals surface area contributed by atoms with Crippen LogP contribution in [0.3, 0.4) is 0 Å². The van der Waals surface area contributed by atoms with Crippen molar-refractivity contribution in [2.24, 2.45) is 0 Å². The van der Waals surface area contributed by atoms with Crippen molar-refractivity contribution < 1.29 is 9.47 Å². The van der Waals surface area contributed by atoms with Gasteiger partial charge in [-0.2, -0.15) is 0 Å². The standard InChI is InChI=1S/C20H28N2O2/c1-15-11-19(23-3)20(24-4)13-17(15)14-22(2)10-6-8-16-7-5-9-18(21)12-16/h5,7,9,11-13H,6,8,10,14,21H2,1-4H3. The Kier molecular flexibility index (Phi) is 6.50. The Labute approximate surface area is 145 Å². The van der Waals surface area contributed by atoms with Crippen LogP contribution in [0.4, 0.5) is 5.69 Å². The number of nitrogens with two attached hydrogens (primary N) is 1. The number of nitrogens with zero attached hydrogens (tertiary/aromatic N) is 1. The van der Waals surface area contributed by atoms with Crippen molar-refractivity contribution in [3.8, 4) is 11.5 Å². The van der Waals surface area contributed by atoms with E-state index in [0.717, 1.165) is 43.1 Å². The first-order valence-corrected chi connectivity index (χ1v) is 8.28. The fourth-order valence-corrected chi connectivity index (χ4v) is 2.86. The Bertz CT molecular complexity index is 671. The lowest BCUT2D eigenvalue weighted by atomic mass is 10.1. The summed E-state index contributed by atoms with van der Waals surface area (Å²) >= 11 is 0. The molecule has 0 atom stereocenters. The number of ether oxygens (including phenoxy) is 2. The minimum atomic E-state index is 0.781. The summed E-state index contributed by atoms with van der Waals surface area (Å²) in [6.45, 7) is 4.03. The second-order valence-corrected chi connectivity index (χ2v) is 6.22. The predicted octanol–water partition coefficient (Wildman–Crippen LogP) is 3.66. The highest BCUT2D eigenvalue weighted by molar-refractivity contribution is 5.47. The molecule has 0 fully saturated rings. The molecule has 0 aromatic heterocycles. The minimum Gasteiger partial charge on any atom is -0.493 e. The van der Waals surface area contributed by atoms with Crippen molar-refractivity contribution >= 4 is 5.69 Å². The molecule has 0 aliphatic rings. The zero-order valence-corrected chi connectivity index (χ0v) is 15.1. The van der Waals surface area contributed by atoms with Crippen molar-refractivity contribution in [2.75, 3.05) is 33.5 Å². The quantitative estimate of drug-likeness (QED) is 0.751. The Balaban J connectivity index is 1.91. The van der Waals surface area contributed by atoms with Gasteiger partial charge in [0, 0.05) is 12.2 Å². The summed E-state index contributed by atoms with van der Waals surface area (Å²) in [6.07, 6.45) is 2.15. The van der Waals surface area contributed by atoms with E-state index in [1.165, 1.54) is 16.7 Å². The molecular weight excluding hydrogens is 300 g/mol. The van der Waals surface area contributed by atoms with Crippen LogP contribution in [0, 0.1) is 6.92 Å². The minimum absolute atomic E-state index is 0.781. The van der Waals surface area contributed by atoms with E-state index >= 15 is 0 Å². The maximum Gasteiger partial charge on any atom is 0.161 e. The van der Waals surface area contributed by atoms with Crippen LogP contribution in [0.5, 0.6) is 11.5 Å². The molecule has 0 aliphatic heterocycles. The zero-order valence-electron chi connectivity index (χ0n) is 15.1. The van der Waals surface area contributed by atoms with E-state index in [1.54, 1.807) is 14.2 Å². The molecule has 0 bridgehead atoms. The van der Waals surface area contributed by atoms with Crippen LogP contribution in [0.25, 0.3) is 0 Å². The predicted molar refractivity (Wildman–Crippen MR) is 99.8 cm³/mol. The summed E-state index contributed by atoms with van der Waals surface area (Å²) in [5.41, 5.74) is 10.4. The average molecular weight is 328 g/mol.